The van der Waals surface area contributed by atoms with Gasteiger partial charge in [0.25, 0.3) is 5.56 Å². The molecule has 0 fully saturated rings. The minimum absolute atomic E-state index is 0.0128. The zero-order valence-corrected chi connectivity index (χ0v) is 19.1. The highest BCUT2D eigenvalue weighted by Gasteiger charge is 2.16. The number of carbonyl (C=O) groups excluding carboxylic acids is 1. The fourth-order valence-corrected chi connectivity index (χ4v) is 4.86. The summed E-state index contributed by atoms with van der Waals surface area (Å²) in [6.45, 7) is 1.75. The van der Waals surface area contributed by atoms with Crippen molar-refractivity contribution in [2.45, 2.75) is 18.6 Å². The van der Waals surface area contributed by atoms with Crippen LogP contribution in [0.1, 0.15) is 11.1 Å². The number of rotatable bonds is 6. The first kappa shape index (κ1) is 22.4. The number of amides is 1. The highest BCUT2D eigenvalue weighted by molar-refractivity contribution is 7.99. The highest BCUT2D eigenvalue weighted by Crippen LogP contribution is 2.24. The molecule has 0 atom stereocenters. The van der Waals surface area contributed by atoms with Crippen LogP contribution in [0.5, 0.6) is 0 Å². The van der Waals surface area contributed by atoms with E-state index in [0.29, 0.717) is 32.2 Å². The molecule has 4 aromatic rings. The van der Waals surface area contributed by atoms with E-state index >= 15 is 0 Å². The van der Waals surface area contributed by atoms with Gasteiger partial charge in [-0.2, -0.15) is 0 Å². The van der Waals surface area contributed by atoms with Gasteiger partial charge in [0.15, 0.2) is 5.16 Å². The molecule has 4 rings (SSSR count). The predicted molar refractivity (Wildman–Crippen MR) is 124 cm³/mol. The molecule has 10 heteroatoms. The molecule has 2 aromatic carbocycles. The number of thioether (sulfide) groups is 1. The Hall–Kier alpha value is -2.75. The molecule has 0 bridgehead atoms. The average molecular weight is 492 g/mol. The lowest BCUT2D eigenvalue weighted by Gasteiger charge is -2.13. The molecule has 0 unspecified atom stereocenters. The van der Waals surface area contributed by atoms with Gasteiger partial charge in [0.2, 0.25) is 5.91 Å². The van der Waals surface area contributed by atoms with Gasteiger partial charge < -0.3 is 5.32 Å². The van der Waals surface area contributed by atoms with Crippen LogP contribution in [0.15, 0.2) is 57.8 Å². The predicted octanol–water partition coefficient (Wildman–Crippen LogP) is 5.10. The summed E-state index contributed by atoms with van der Waals surface area (Å²) in [7, 11) is 0. The molecule has 32 heavy (non-hydrogen) atoms. The number of aromatic nitrogens is 2. The van der Waals surface area contributed by atoms with Crippen LogP contribution in [0.3, 0.4) is 0 Å². The first-order valence-corrected chi connectivity index (χ1v) is 11.7. The first-order chi connectivity index (χ1) is 15.3. The number of fused-ring (bicyclic) bond motifs is 1. The zero-order valence-electron chi connectivity index (χ0n) is 16.7. The fourth-order valence-electron chi connectivity index (χ4n) is 3.02. The van der Waals surface area contributed by atoms with E-state index in [2.05, 4.69) is 10.3 Å². The summed E-state index contributed by atoms with van der Waals surface area (Å²) < 4.78 is 28.8. The molecule has 0 aliphatic heterocycles. The van der Waals surface area contributed by atoms with Crippen molar-refractivity contribution in [2.24, 2.45) is 0 Å². The maximum atomic E-state index is 13.8. The quantitative estimate of drug-likeness (QED) is 0.301. The van der Waals surface area contributed by atoms with Gasteiger partial charge in [-0.15, -0.1) is 11.3 Å². The van der Waals surface area contributed by atoms with Gasteiger partial charge >= 0.3 is 0 Å². The molecule has 2 aromatic heterocycles. The molecule has 1 amide bonds. The Morgan fingerprint density at radius 1 is 1.22 bits per heavy atom. The minimum Gasteiger partial charge on any atom is -0.351 e. The number of thiophene rings is 1. The van der Waals surface area contributed by atoms with E-state index in [9.17, 15) is 18.4 Å². The molecular weight excluding hydrogens is 476 g/mol. The van der Waals surface area contributed by atoms with Gasteiger partial charge in [-0.3, -0.25) is 14.2 Å². The highest BCUT2D eigenvalue weighted by atomic mass is 35.5. The van der Waals surface area contributed by atoms with E-state index in [4.69, 9.17) is 11.6 Å². The third-order valence-corrected chi connectivity index (χ3v) is 6.85. The van der Waals surface area contributed by atoms with E-state index in [1.54, 1.807) is 24.4 Å². The smallest absolute Gasteiger partial charge is 0.276 e. The Morgan fingerprint density at radius 2 is 2.03 bits per heavy atom. The van der Waals surface area contributed by atoms with E-state index in [-0.39, 0.29) is 34.6 Å². The number of nitrogens with zero attached hydrogens (tertiary/aromatic N) is 2. The van der Waals surface area contributed by atoms with Crippen LogP contribution in [0, 0.1) is 18.6 Å². The topological polar surface area (TPSA) is 64.0 Å². The summed E-state index contributed by atoms with van der Waals surface area (Å²) in [5.74, 6) is -1.15. The van der Waals surface area contributed by atoms with Gasteiger partial charge in [-0.25, -0.2) is 13.8 Å². The lowest BCUT2D eigenvalue weighted by atomic mass is 10.2. The minimum atomic E-state index is -0.454. The summed E-state index contributed by atoms with van der Waals surface area (Å²) in [5, 5.41) is 5.04. The number of carbonyl (C=O) groups is 1. The number of hydrogen-bond acceptors (Lipinski definition) is 5. The summed E-state index contributed by atoms with van der Waals surface area (Å²) >= 11 is 8.36. The first-order valence-electron chi connectivity index (χ1n) is 9.43. The van der Waals surface area contributed by atoms with Crippen LogP contribution >= 0.6 is 34.7 Å². The SMILES string of the molecule is Cc1cc(-n2c(SCC(=O)NCc3ccc(F)cc3Cl)nc3ccsc3c2=O)ccc1F. The number of nitrogens with one attached hydrogen (secondary N) is 1. The van der Waals surface area contributed by atoms with Crippen LogP contribution in [0.2, 0.25) is 5.02 Å². The van der Waals surface area contributed by atoms with Crippen LogP contribution in [0.25, 0.3) is 15.9 Å². The van der Waals surface area contributed by atoms with Gasteiger partial charge in [0, 0.05) is 11.6 Å². The second-order valence-electron chi connectivity index (χ2n) is 6.90. The molecule has 0 aliphatic rings. The Kier molecular flexibility index (Phi) is 6.59. The molecule has 0 saturated carbocycles. The summed E-state index contributed by atoms with van der Waals surface area (Å²) in [6, 6.07) is 10.1. The summed E-state index contributed by atoms with van der Waals surface area (Å²) in [5.41, 5.74) is 1.71. The Labute approximate surface area is 195 Å². The fraction of sp³-hybridized carbons (Fsp3) is 0.136. The van der Waals surface area contributed by atoms with Crippen molar-refractivity contribution in [3.05, 3.63) is 86.0 Å². The van der Waals surface area contributed by atoms with Crippen molar-refractivity contribution in [1.29, 1.82) is 0 Å². The molecule has 0 saturated heterocycles. The molecule has 164 valence electrons. The van der Waals surface area contributed by atoms with Gasteiger partial charge in [-0.05, 0) is 59.8 Å². The molecule has 1 N–H and O–H groups in total. The Balaban J connectivity index is 1.57. The molecule has 2 heterocycles. The van der Waals surface area contributed by atoms with E-state index in [1.165, 1.54) is 46.2 Å². The summed E-state index contributed by atoms with van der Waals surface area (Å²) in [6.07, 6.45) is 0. The van der Waals surface area contributed by atoms with Crippen molar-refractivity contribution in [2.75, 3.05) is 5.75 Å². The van der Waals surface area contributed by atoms with E-state index in [0.717, 1.165) is 11.8 Å². The van der Waals surface area contributed by atoms with E-state index in [1.807, 2.05) is 0 Å². The maximum absolute atomic E-state index is 13.8. The molecule has 0 aliphatic carbocycles. The number of halogens is 3. The molecule has 0 radical (unpaired) electrons. The number of hydrogen-bond donors (Lipinski definition) is 1. The number of aryl methyl sites for hydroxylation is 1. The van der Waals surface area contributed by atoms with Gasteiger partial charge in [-0.1, -0.05) is 29.4 Å². The molecule has 0 spiro atoms. The molecule has 5 nitrogen and oxygen atoms in total. The van der Waals surface area contributed by atoms with Crippen LogP contribution < -0.4 is 10.9 Å². The second-order valence-corrected chi connectivity index (χ2v) is 9.17. The van der Waals surface area contributed by atoms with Crippen molar-refractivity contribution in [3.63, 3.8) is 0 Å². The van der Waals surface area contributed by atoms with Crippen LogP contribution in [0.4, 0.5) is 8.78 Å². The lowest BCUT2D eigenvalue weighted by molar-refractivity contribution is -0.118. The second kappa shape index (κ2) is 9.40. The van der Waals surface area contributed by atoms with Crippen molar-refractivity contribution < 1.29 is 13.6 Å². The Bertz CT molecular complexity index is 1390. The lowest BCUT2D eigenvalue weighted by Crippen LogP contribution is -2.26. The maximum Gasteiger partial charge on any atom is 0.276 e. The van der Waals surface area contributed by atoms with Crippen molar-refractivity contribution in [3.8, 4) is 5.69 Å². The summed E-state index contributed by atoms with van der Waals surface area (Å²) in [4.78, 5) is 30.0. The van der Waals surface area contributed by atoms with Crippen LogP contribution in [-0.2, 0) is 11.3 Å². The van der Waals surface area contributed by atoms with E-state index < -0.39 is 5.82 Å². The van der Waals surface area contributed by atoms with Gasteiger partial charge in [0.05, 0.1) is 17.0 Å². The number of benzene rings is 2. The molecular formula is C22H16ClF2N3O2S2. The third-order valence-electron chi connectivity index (χ3n) is 4.67. The van der Waals surface area contributed by atoms with Crippen molar-refractivity contribution >= 4 is 50.8 Å². The zero-order chi connectivity index (χ0) is 22.8. The third kappa shape index (κ3) is 4.69. The van der Waals surface area contributed by atoms with Crippen LogP contribution in [-0.4, -0.2) is 21.2 Å². The average Bonchev–Trinajstić information content (AvgIpc) is 3.23. The Morgan fingerprint density at radius 3 is 2.78 bits per heavy atom. The monoisotopic (exact) mass is 491 g/mol. The standard InChI is InChI=1S/C22H16ClF2N3O2S2/c1-12-8-15(4-5-17(12)25)28-21(30)20-18(6-7-31-20)27-22(28)32-11-19(29)26-10-13-2-3-14(24)9-16(13)23/h2-9H,10-11H2,1H3,(H,26,29). The largest absolute Gasteiger partial charge is 0.351 e. The van der Waals surface area contributed by atoms with Gasteiger partial charge in [0.1, 0.15) is 16.3 Å². The normalized spacial score (nSPS) is 11.1. The van der Waals surface area contributed by atoms with Crippen molar-refractivity contribution in [1.82, 2.24) is 14.9 Å².